The van der Waals surface area contributed by atoms with Crippen molar-refractivity contribution in [2.24, 2.45) is 7.05 Å². The van der Waals surface area contributed by atoms with E-state index in [1.807, 2.05) is 6.07 Å². The molecule has 0 saturated carbocycles. The van der Waals surface area contributed by atoms with Crippen LogP contribution in [0.4, 0.5) is 5.82 Å². The SMILES string of the molecule is CCC(C)c1ccc(-c2cc(N)n(C)c(=O)c2)cc1. The summed E-state index contributed by atoms with van der Waals surface area (Å²) in [5.74, 6) is 1.04. The first-order chi connectivity index (χ1) is 9.02. The zero-order valence-electron chi connectivity index (χ0n) is 11.7. The van der Waals surface area contributed by atoms with E-state index in [-0.39, 0.29) is 5.56 Å². The lowest BCUT2D eigenvalue weighted by Crippen LogP contribution is -2.18. The summed E-state index contributed by atoms with van der Waals surface area (Å²) in [5, 5.41) is 0. The normalized spacial score (nSPS) is 12.4. The molecule has 3 heteroatoms. The Labute approximate surface area is 113 Å². The van der Waals surface area contributed by atoms with Gasteiger partial charge in [-0.1, -0.05) is 38.1 Å². The molecule has 3 nitrogen and oxygen atoms in total. The van der Waals surface area contributed by atoms with Crippen molar-refractivity contribution < 1.29 is 0 Å². The monoisotopic (exact) mass is 256 g/mol. The van der Waals surface area contributed by atoms with Crippen LogP contribution < -0.4 is 11.3 Å². The van der Waals surface area contributed by atoms with E-state index in [0.717, 1.165) is 17.5 Å². The third-order valence-corrected chi connectivity index (χ3v) is 3.73. The van der Waals surface area contributed by atoms with Crippen LogP contribution in [0.3, 0.4) is 0 Å². The van der Waals surface area contributed by atoms with Crippen LogP contribution in [0.15, 0.2) is 41.2 Å². The van der Waals surface area contributed by atoms with Crippen LogP contribution in [0, 0.1) is 0 Å². The molecule has 2 rings (SSSR count). The Bertz CT molecular complexity index is 626. The van der Waals surface area contributed by atoms with Crippen molar-refractivity contribution in [1.82, 2.24) is 4.57 Å². The Balaban J connectivity index is 2.40. The summed E-state index contributed by atoms with van der Waals surface area (Å²) >= 11 is 0. The summed E-state index contributed by atoms with van der Waals surface area (Å²) in [5.41, 5.74) is 8.96. The smallest absolute Gasteiger partial charge is 0.252 e. The van der Waals surface area contributed by atoms with Crippen LogP contribution >= 0.6 is 0 Å². The number of hydrogen-bond acceptors (Lipinski definition) is 2. The lowest BCUT2D eigenvalue weighted by atomic mass is 9.96. The number of pyridine rings is 1. The molecule has 0 radical (unpaired) electrons. The molecule has 0 fully saturated rings. The van der Waals surface area contributed by atoms with Gasteiger partial charge in [-0.15, -0.1) is 0 Å². The van der Waals surface area contributed by atoms with Crippen LogP contribution in [-0.2, 0) is 7.05 Å². The molecule has 2 aromatic rings. The number of benzene rings is 1. The minimum Gasteiger partial charge on any atom is -0.385 e. The van der Waals surface area contributed by atoms with Gasteiger partial charge in [0.15, 0.2) is 0 Å². The molecule has 0 aliphatic carbocycles. The Kier molecular flexibility index (Phi) is 3.74. The van der Waals surface area contributed by atoms with Gasteiger partial charge in [0.25, 0.3) is 5.56 Å². The molecule has 1 atom stereocenters. The van der Waals surface area contributed by atoms with Crippen molar-refractivity contribution in [3.05, 3.63) is 52.3 Å². The number of rotatable bonds is 3. The lowest BCUT2D eigenvalue weighted by molar-refractivity contribution is 0.734. The van der Waals surface area contributed by atoms with Gasteiger partial charge in [-0.05, 0) is 35.1 Å². The summed E-state index contributed by atoms with van der Waals surface area (Å²) in [6.45, 7) is 4.39. The highest BCUT2D eigenvalue weighted by atomic mass is 16.1. The van der Waals surface area contributed by atoms with Crippen molar-refractivity contribution in [2.75, 3.05) is 5.73 Å². The largest absolute Gasteiger partial charge is 0.385 e. The zero-order valence-corrected chi connectivity index (χ0v) is 11.7. The molecule has 100 valence electrons. The highest BCUT2D eigenvalue weighted by Crippen LogP contribution is 2.24. The fourth-order valence-electron chi connectivity index (χ4n) is 2.06. The van der Waals surface area contributed by atoms with Gasteiger partial charge in [-0.2, -0.15) is 0 Å². The molecule has 0 bridgehead atoms. The standard InChI is InChI=1S/C16H20N2O/c1-4-11(2)12-5-7-13(8-6-12)14-9-15(17)18(3)16(19)10-14/h5-11H,4,17H2,1-3H3. The van der Waals surface area contributed by atoms with E-state index in [4.69, 9.17) is 5.73 Å². The van der Waals surface area contributed by atoms with Crippen molar-refractivity contribution in [1.29, 1.82) is 0 Å². The Morgan fingerprint density at radius 3 is 2.32 bits per heavy atom. The van der Waals surface area contributed by atoms with Crippen molar-refractivity contribution in [3.63, 3.8) is 0 Å². The average Bonchev–Trinajstić information content (AvgIpc) is 2.43. The highest BCUT2D eigenvalue weighted by Gasteiger charge is 2.05. The maximum atomic E-state index is 11.7. The summed E-state index contributed by atoms with van der Waals surface area (Å²) in [6.07, 6.45) is 1.12. The second-order valence-electron chi connectivity index (χ2n) is 5.00. The van der Waals surface area contributed by atoms with Crippen molar-refractivity contribution in [3.8, 4) is 11.1 Å². The molecule has 0 aliphatic heterocycles. The summed E-state index contributed by atoms with van der Waals surface area (Å²) < 4.78 is 1.44. The second kappa shape index (κ2) is 5.31. The number of aromatic nitrogens is 1. The Morgan fingerprint density at radius 1 is 1.16 bits per heavy atom. The number of nitrogens with two attached hydrogens (primary N) is 1. The van der Waals surface area contributed by atoms with Crippen LogP contribution in [0.1, 0.15) is 31.7 Å². The molecular formula is C16H20N2O. The first-order valence-electron chi connectivity index (χ1n) is 6.59. The zero-order chi connectivity index (χ0) is 14.0. The van der Waals surface area contributed by atoms with E-state index < -0.39 is 0 Å². The quantitative estimate of drug-likeness (QED) is 0.917. The summed E-state index contributed by atoms with van der Waals surface area (Å²) in [7, 11) is 1.67. The lowest BCUT2D eigenvalue weighted by Gasteiger charge is -2.11. The minimum atomic E-state index is -0.0824. The van der Waals surface area contributed by atoms with Crippen LogP contribution in [0.2, 0.25) is 0 Å². The van der Waals surface area contributed by atoms with E-state index in [9.17, 15) is 4.79 Å². The van der Waals surface area contributed by atoms with Gasteiger partial charge in [-0.25, -0.2) is 0 Å². The Morgan fingerprint density at radius 2 is 1.79 bits per heavy atom. The third-order valence-electron chi connectivity index (χ3n) is 3.73. The van der Waals surface area contributed by atoms with E-state index in [1.54, 1.807) is 13.1 Å². The minimum absolute atomic E-state index is 0.0824. The van der Waals surface area contributed by atoms with Crippen LogP contribution in [-0.4, -0.2) is 4.57 Å². The van der Waals surface area contributed by atoms with Gasteiger partial charge < -0.3 is 5.73 Å². The summed E-state index contributed by atoms with van der Waals surface area (Å²) in [4.78, 5) is 11.7. The fourth-order valence-corrected chi connectivity index (χ4v) is 2.06. The molecule has 19 heavy (non-hydrogen) atoms. The summed E-state index contributed by atoms with van der Waals surface area (Å²) in [6, 6.07) is 11.8. The predicted molar refractivity (Wildman–Crippen MR) is 80.2 cm³/mol. The van der Waals surface area contributed by atoms with Gasteiger partial charge in [0.05, 0.1) is 0 Å². The van der Waals surface area contributed by atoms with E-state index in [2.05, 4.69) is 38.1 Å². The molecule has 1 aromatic heterocycles. The molecule has 1 unspecified atom stereocenters. The fraction of sp³-hybridized carbons (Fsp3) is 0.312. The van der Waals surface area contributed by atoms with Crippen LogP contribution in [0.25, 0.3) is 11.1 Å². The molecule has 0 saturated heterocycles. The predicted octanol–water partition coefficient (Wildman–Crippen LogP) is 3.15. The van der Waals surface area contributed by atoms with E-state index in [1.165, 1.54) is 10.1 Å². The molecule has 2 N–H and O–H groups in total. The Hall–Kier alpha value is -2.03. The third kappa shape index (κ3) is 2.70. The van der Waals surface area contributed by atoms with Gasteiger partial charge in [0.1, 0.15) is 5.82 Å². The number of hydrogen-bond donors (Lipinski definition) is 1. The molecule has 0 amide bonds. The van der Waals surface area contributed by atoms with Crippen molar-refractivity contribution >= 4 is 5.82 Å². The molecule has 0 spiro atoms. The maximum absolute atomic E-state index is 11.7. The van der Waals surface area contributed by atoms with Gasteiger partial charge >= 0.3 is 0 Å². The highest BCUT2D eigenvalue weighted by molar-refractivity contribution is 5.66. The first kappa shape index (κ1) is 13.4. The van der Waals surface area contributed by atoms with E-state index >= 15 is 0 Å². The molecule has 0 aliphatic rings. The van der Waals surface area contributed by atoms with Crippen molar-refractivity contribution in [2.45, 2.75) is 26.2 Å². The van der Waals surface area contributed by atoms with Gasteiger partial charge in [-0.3, -0.25) is 9.36 Å². The maximum Gasteiger partial charge on any atom is 0.252 e. The first-order valence-corrected chi connectivity index (χ1v) is 6.59. The van der Waals surface area contributed by atoms with Crippen LogP contribution in [0.5, 0.6) is 0 Å². The molecule has 1 heterocycles. The molecular weight excluding hydrogens is 236 g/mol. The number of nitrogen functional groups attached to an aromatic ring is 1. The number of nitrogens with zero attached hydrogens (tertiary/aromatic N) is 1. The number of anilines is 1. The average molecular weight is 256 g/mol. The molecule has 1 aromatic carbocycles. The second-order valence-corrected chi connectivity index (χ2v) is 5.00. The van der Waals surface area contributed by atoms with E-state index in [0.29, 0.717) is 11.7 Å². The van der Waals surface area contributed by atoms with Gasteiger partial charge in [0.2, 0.25) is 0 Å². The van der Waals surface area contributed by atoms with Gasteiger partial charge in [0, 0.05) is 13.1 Å². The topological polar surface area (TPSA) is 48.0 Å².